The van der Waals surface area contributed by atoms with Crippen molar-refractivity contribution in [2.45, 2.75) is 26.9 Å². The zero-order valence-electron chi connectivity index (χ0n) is 14.1. The molecule has 26 heavy (non-hydrogen) atoms. The molecule has 1 aromatic heterocycles. The van der Waals surface area contributed by atoms with Crippen LogP contribution in [0.25, 0.3) is 11.4 Å². The van der Waals surface area contributed by atoms with E-state index in [2.05, 4.69) is 14.7 Å². The second kappa shape index (κ2) is 6.71. The van der Waals surface area contributed by atoms with Crippen LogP contribution in [0.3, 0.4) is 0 Å². The minimum Gasteiger partial charge on any atom is -0.329 e. The molecule has 1 aromatic carbocycles. The van der Waals surface area contributed by atoms with E-state index < -0.39 is 33.4 Å². The van der Waals surface area contributed by atoms with E-state index in [-0.39, 0.29) is 22.7 Å². The maximum Gasteiger partial charge on any atom is 0.471 e. The van der Waals surface area contributed by atoms with Gasteiger partial charge in [0.05, 0.1) is 5.75 Å². The molecule has 0 fully saturated rings. The molecule has 0 unspecified atom stereocenters. The summed E-state index contributed by atoms with van der Waals surface area (Å²) in [5, 5.41) is 3.22. The number of rotatable bonds is 4. The highest BCUT2D eigenvalue weighted by Gasteiger charge is 2.38. The molecular weight excluding hydrogens is 375 g/mol. The number of hydrogen-bond donors (Lipinski definition) is 1. The number of aromatic nitrogens is 2. The van der Waals surface area contributed by atoms with E-state index in [1.165, 1.54) is 24.3 Å². The largest absolute Gasteiger partial charge is 0.471 e. The zero-order chi connectivity index (χ0) is 19.8. The molecule has 2 aromatic rings. The van der Waals surface area contributed by atoms with Gasteiger partial charge >= 0.3 is 12.1 Å². The number of nitrogens with one attached hydrogen (secondary N) is 1. The number of alkyl halides is 3. The van der Waals surface area contributed by atoms with Crippen LogP contribution >= 0.6 is 0 Å². The monoisotopic (exact) mass is 391 g/mol. The lowest BCUT2D eigenvalue weighted by molar-refractivity contribution is -0.159. The van der Waals surface area contributed by atoms with Crippen molar-refractivity contribution in [3.63, 3.8) is 0 Å². The highest BCUT2D eigenvalue weighted by molar-refractivity contribution is 7.90. The first kappa shape index (κ1) is 19.9. The number of sulfonamides is 1. The first-order chi connectivity index (χ1) is 11.8. The minimum atomic E-state index is -4.76. The van der Waals surface area contributed by atoms with E-state index in [4.69, 9.17) is 0 Å². The number of amides is 1. The van der Waals surface area contributed by atoms with Crippen LogP contribution in [0, 0.1) is 5.41 Å². The normalized spacial score (nSPS) is 12.8. The van der Waals surface area contributed by atoms with E-state index in [0.29, 0.717) is 0 Å². The van der Waals surface area contributed by atoms with Gasteiger partial charge in [0.2, 0.25) is 15.8 Å². The fourth-order valence-electron chi connectivity index (χ4n) is 2.03. The first-order valence-corrected chi connectivity index (χ1v) is 8.98. The Bertz CT molecular complexity index is 897. The summed E-state index contributed by atoms with van der Waals surface area (Å²) in [4.78, 5) is 15.3. The molecular formula is C15H16F3N3O4S. The van der Waals surface area contributed by atoms with Gasteiger partial charge in [0, 0.05) is 11.1 Å². The van der Waals surface area contributed by atoms with Gasteiger partial charge in [-0.15, -0.1) is 0 Å². The number of hydrogen-bond acceptors (Lipinski definition) is 6. The van der Waals surface area contributed by atoms with Crippen molar-refractivity contribution in [1.29, 1.82) is 0 Å². The lowest BCUT2D eigenvalue weighted by Gasteiger charge is -2.18. The molecule has 1 heterocycles. The van der Waals surface area contributed by atoms with Crippen LogP contribution in [0.1, 0.15) is 37.0 Å². The second-order valence-electron chi connectivity index (χ2n) is 6.75. The van der Waals surface area contributed by atoms with Gasteiger partial charge < -0.3 is 4.52 Å². The third-order valence-corrected chi connectivity index (χ3v) is 4.69. The summed E-state index contributed by atoms with van der Waals surface area (Å²) in [6, 6.07) is 5.08. The minimum absolute atomic E-state index is 0.0192. The fraction of sp³-hybridized carbons (Fsp3) is 0.400. The molecule has 0 saturated carbocycles. The topological polar surface area (TPSA) is 102 Å². The third-order valence-electron chi connectivity index (χ3n) is 2.95. The average Bonchev–Trinajstić information content (AvgIpc) is 2.94. The summed E-state index contributed by atoms with van der Waals surface area (Å²) in [5.41, 5.74) is -0.339. The Kier molecular flexibility index (Phi) is 5.13. The van der Waals surface area contributed by atoms with Crippen molar-refractivity contribution in [3.8, 4) is 11.4 Å². The van der Waals surface area contributed by atoms with E-state index >= 15 is 0 Å². The Morgan fingerprint density at radius 3 is 2.19 bits per heavy atom. The van der Waals surface area contributed by atoms with Crippen molar-refractivity contribution in [1.82, 2.24) is 14.9 Å². The summed E-state index contributed by atoms with van der Waals surface area (Å²) in [6.45, 7) is 5.14. The van der Waals surface area contributed by atoms with Crippen molar-refractivity contribution < 1.29 is 30.9 Å². The standard InChI is InChI=1S/C15H16F3N3O4S/c1-14(2,3)8-26(23,24)21-12(22)10-6-4-9(5-7-10)11-19-13(25-20-11)15(16,17)18/h4-7H,8H2,1-3H3,(H,21,22). The molecule has 0 aliphatic carbocycles. The van der Waals surface area contributed by atoms with E-state index in [1.54, 1.807) is 20.8 Å². The van der Waals surface area contributed by atoms with Gasteiger partial charge in [-0.3, -0.25) is 4.79 Å². The predicted molar refractivity (Wildman–Crippen MR) is 85.4 cm³/mol. The maximum atomic E-state index is 12.5. The SMILES string of the molecule is CC(C)(C)CS(=O)(=O)NC(=O)c1ccc(-c2noc(C(F)(F)F)n2)cc1. The lowest BCUT2D eigenvalue weighted by atomic mass is 10.0. The van der Waals surface area contributed by atoms with Gasteiger partial charge in [0.15, 0.2) is 0 Å². The Balaban J connectivity index is 2.14. The van der Waals surface area contributed by atoms with Gasteiger partial charge in [-0.25, -0.2) is 13.1 Å². The third kappa shape index (κ3) is 5.28. The predicted octanol–water partition coefficient (Wildman–Crippen LogP) is 2.86. The molecule has 0 radical (unpaired) electrons. The van der Waals surface area contributed by atoms with Crippen molar-refractivity contribution in [3.05, 3.63) is 35.7 Å². The van der Waals surface area contributed by atoms with Gasteiger partial charge in [0.1, 0.15) is 0 Å². The Morgan fingerprint density at radius 1 is 1.15 bits per heavy atom. The number of nitrogens with zero attached hydrogens (tertiary/aromatic N) is 2. The van der Waals surface area contributed by atoms with Crippen LogP contribution < -0.4 is 4.72 Å². The van der Waals surface area contributed by atoms with Gasteiger partial charge in [0.25, 0.3) is 5.91 Å². The van der Waals surface area contributed by atoms with Crippen LogP contribution in [-0.2, 0) is 16.2 Å². The van der Waals surface area contributed by atoms with Crippen molar-refractivity contribution in [2.24, 2.45) is 5.41 Å². The van der Waals surface area contributed by atoms with Crippen LogP contribution in [0.5, 0.6) is 0 Å². The molecule has 0 spiro atoms. The summed E-state index contributed by atoms with van der Waals surface area (Å²) in [5.74, 6) is -2.87. The lowest BCUT2D eigenvalue weighted by Crippen LogP contribution is -2.36. The van der Waals surface area contributed by atoms with Gasteiger partial charge in [-0.05, 0) is 17.5 Å². The van der Waals surface area contributed by atoms with Gasteiger partial charge in [-0.2, -0.15) is 18.2 Å². The smallest absolute Gasteiger partial charge is 0.329 e. The Morgan fingerprint density at radius 2 is 1.73 bits per heavy atom. The summed E-state index contributed by atoms with van der Waals surface area (Å²) < 4.78 is 67.3. The number of carbonyl (C=O) groups is 1. The van der Waals surface area contributed by atoms with Crippen molar-refractivity contribution >= 4 is 15.9 Å². The number of benzene rings is 1. The molecule has 0 atom stereocenters. The molecule has 1 N–H and O–H groups in total. The average molecular weight is 391 g/mol. The zero-order valence-corrected chi connectivity index (χ0v) is 14.9. The molecule has 0 aliphatic rings. The molecule has 0 bridgehead atoms. The summed E-state index contributed by atoms with van der Waals surface area (Å²) in [6.07, 6.45) is -4.76. The van der Waals surface area contributed by atoms with Crippen LogP contribution in [0.4, 0.5) is 13.2 Å². The quantitative estimate of drug-likeness (QED) is 0.860. The molecule has 0 saturated heterocycles. The number of carbonyl (C=O) groups excluding carboxylic acids is 1. The van der Waals surface area contributed by atoms with Crippen LogP contribution in [0.15, 0.2) is 28.8 Å². The van der Waals surface area contributed by atoms with Crippen molar-refractivity contribution in [2.75, 3.05) is 5.75 Å². The highest BCUT2D eigenvalue weighted by atomic mass is 32.2. The van der Waals surface area contributed by atoms with Gasteiger partial charge in [-0.1, -0.05) is 38.1 Å². The van der Waals surface area contributed by atoms with Crippen LogP contribution in [-0.4, -0.2) is 30.2 Å². The maximum absolute atomic E-state index is 12.5. The summed E-state index contributed by atoms with van der Waals surface area (Å²) in [7, 11) is -3.83. The number of halogens is 3. The molecule has 2 rings (SSSR count). The van der Waals surface area contributed by atoms with Crippen LogP contribution in [0.2, 0.25) is 0 Å². The molecule has 11 heteroatoms. The summed E-state index contributed by atoms with van der Waals surface area (Å²) >= 11 is 0. The second-order valence-corrected chi connectivity index (χ2v) is 8.47. The Hall–Kier alpha value is -2.43. The van der Waals surface area contributed by atoms with E-state index in [9.17, 15) is 26.4 Å². The fourth-order valence-corrected chi connectivity index (χ4v) is 3.65. The first-order valence-electron chi connectivity index (χ1n) is 7.33. The van der Waals surface area contributed by atoms with E-state index in [0.717, 1.165) is 0 Å². The molecule has 142 valence electrons. The van der Waals surface area contributed by atoms with E-state index in [1.807, 2.05) is 4.72 Å². The Labute approximate surface area is 147 Å². The molecule has 1 amide bonds. The highest BCUT2D eigenvalue weighted by Crippen LogP contribution is 2.29. The molecule has 0 aliphatic heterocycles. The molecule has 7 nitrogen and oxygen atoms in total.